The number of hydrogen-bond donors (Lipinski definition) is 2. The van der Waals surface area contributed by atoms with Gasteiger partial charge in [-0.25, -0.2) is 0 Å². The van der Waals surface area contributed by atoms with Gasteiger partial charge in [-0.3, -0.25) is 0 Å². The van der Waals surface area contributed by atoms with Crippen molar-refractivity contribution in [2.75, 3.05) is 89.2 Å². The molecule has 0 saturated carbocycles. The quantitative estimate of drug-likeness (QED) is 0.156. The van der Waals surface area contributed by atoms with E-state index in [1.807, 2.05) is 11.9 Å². The van der Waals surface area contributed by atoms with Crippen LogP contribution in [0.25, 0.3) is 0 Å². The van der Waals surface area contributed by atoms with Gasteiger partial charge >= 0.3 is 17.6 Å². The minimum atomic E-state index is -2.58. The summed E-state index contributed by atoms with van der Waals surface area (Å²) in [5, 5.41) is 20.3. The Morgan fingerprint density at radius 1 is 0.625 bits per heavy atom. The number of rotatable bonds is 22. The van der Waals surface area contributed by atoms with Gasteiger partial charge in [0, 0.05) is 81.1 Å². The largest absolute Gasteiger partial charge is 0.500 e. The first-order valence-corrected chi connectivity index (χ1v) is 14.6. The Kier molecular flexibility index (Phi) is 18.3. The Bertz CT molecular complexity index is 390. The highest BCUT2D eigenvalue weighted by atomic mass is 28.4. The monoisotopic (exact) mass is 503 g/mol. The SMILES string of the molecule is CO[Si](CCCOCC(O)CN(C)CC(O)COCCC[Si](OC)(OC)OC)(OC)OC. The molecule has 0 spiro atoms. The van der Waals surface area contributed by atoms with Crippen LogP contribution in [0.1, 0.15) is 12.8 Å². The molecule has 0 aromatic heterocycles. The van der Waals surface area contributed by atoms with Crippen molar-refractivity contribution >= 4 is 17.6 Å². The molecule has 0 aromatic carbocycles. The molecule has 2 N–H and O–H groups in total. The van der Waals surface area contributed by atoms with Gasteiger partial charge in [-0.15, -0.1) is 0 Å². The summed E-state index contributed by atoms with van der Waals surface area (Å²) in [4.78, 5) is 1.85. The van der Waals surface area contributed by atoms with Crippen molar-refractivity contribution in [1.29, 1.82) is 0 Å². The van der Waals surface area contributed by atoms with Gasteiger partial charge < -0.3 is 51.1 Å². The molecule has 0 bridgehead atoms. The molecule has 0 radical (unpaired) electrons. The van der Waals surface area contributed by atoms with E-state index < -0.39 is 29.8 Å². The fourth-order valence-corrected chi connectivity index (χ4v) is 6.61. The van der Waals surface area contributed by atoms with Crippen LogP contribution in [0.3, 0.4) is 0 Å². The van der Waals surface area contributed by atoms with Crippen LogP contribution in [0.15, 0.2) is 0 Å². The standard InChI is InChI=1S/C19H45NO10Si2/c1-20(14-18(21)16-29-10-8-12-31(23-2,24-3)25-4)15-19(22)17-30-11-9-13-32(26-5,27-6)28-7/h18-19,21-22H,8-17H2,1-7H3. The topological polar surface area (TPSA) is 118 Å². The maximum absolute atomic E-state index is 10.1. The van der Waals surface area contributed by atoms with E-state index >= 15 is 0 Å². The van der Waals surface area contributed by atoms with Gasteiger partial charge in [-0.1, -0.05) is 0 Å². The van der Waals surface area contributed by atoms with Crippen LogP contribution < -0.4 is 0 Å². The van der Waals surface area contributed by atoms with Crippen LogP contribution in [0.2, 0.25) is 12.1 Å². The average Bonchev–Trinajstić information content (AvgIpc) is 2.79. The average molecular weight is 504 g/mol. The molecule has 2 atom stereocenters. The van der Waals surface area contributed by atoms with E-state index in [0.717, 1.165) is 0 Å². The van der Waals surface area contributed by atoms with Crippen molar-refractivity contribution in [2.24, 2.45) is 0 Å². The first-order valence-electron chi connectivity index (χ1n) is 10.8. The lowest BCUT2D eigenvalue weighted by Gasteiger charge is -2.25. The molecule has 32 heavy (non-hydrogen) atoms. The van der Waals surface area contributed by atoms with E-state index in [0.29, 0.717) is 51.2 Å². The van der Waals surface area contributed by atoms with Crippen molar-refractivity contribution in [2.45, 2.75) is 37.1 Å². The second-order valence-electron chi connectivity index (χ2n) is 7.48. The van der Waals surface area contributed by atoms with Crippen LogP contribution in [0.4, 0.5) is 0 Å². The molecule has 0 aliphatic heterocycles. The summed E-state index contributed by atoms with van der Waals surface area (Å²) in [6.07, 6.45) is 0.113. The summed E-state index contributed by atoms with van der Waals surface area (Å²) < 4.78 is 43.2. The van der Waals surface area contributed by atoms with E-state index in [1.54, 1.807) is 42.7 Å². The van der Waals surface area contributed by atoms with Crippen molar-refractivity contribution in [3.63, 3.8) is 0 Å². The Balaban J connectivity index is 3.91. The lowest BCUT2D eigenvalue weighted by molar-refractivity contribution is -0.00456. The molecular formula is C19H45NO10Si2. The highest BCUT2D eigenvalue weighted by Gasteiger charge is 2.37. The summed E-state index contributed by atoms with van der Waals surface area (Å²) in [5.74, 6) is 0. The second kappa shape index (κ2) is 18.3. The first kappa shape index (κ1) is 32.0. The van der Waals surface area contributed by atoms with Crippen molar-refractivity contribution in [3.8, 4) is 0 Å². The van der Waals surface area contributed by atoms with Crippen molar-refractivity contribution in [3.05, 3.63) is 0 Å². The van der Waals surface area contributed by atoms with Crippen LogP contribution in [0, 0.1) is 0 Å². The molecule has 0 aliphatic rings. The van der Waals surface area contributed by atoms with Crippen molar-refractivity contribution < 1.29 is 46.2 Å². The van der Waals surface area contributed by atoms with Crippen LogP contribution in [0.5, 0.6) is 0 Å². The second-order valence-corrected chi connectivity index (χ2v) is 13.7. The van der Waals surface area contributed by atoms with Crippen LogP contribution in [-0.2, 0) is 36.0 Å². The predicted octanol–water partition coefficient (Wildman–Crippen LogP) is 0.210. The molecule has 0 aliphatic carbocycles. The summed E-state index contributed by atoms with van der Waals surface area (Å²) in [6.45, 7) is 2.13. The number of likely N-dealkylation sites (N-methyl/N-ethyl adjacent to an activating group) is 1. The molecule has 11 nitrogen and oxygen atoms in total. The first-order chi connectivity index (χ1) is 15.3. The molecule has 0 fully saturated rings. The third-order valence-electron chi connectivity index (χ3n) is 5.07. The van der Waals surface area contributed by atoms with E-state index in [4.69, 9.17) is 36.0 Å². The zero-order chi connectivity index (χ0) is 24.5. The molecule has 0 amide bonds. The molecule has 0 saturated heterocycles. The molecule has 2 unspecified atom stereocenters. The number of nitrogens with zero attached hydrogens (tertiary/aromatic N) is 1. The number of aliphatic hydroxyl groups excluding tert-OH is 2. The maximum Gasteiger partial charge on any atom is 0.500 e. The molecule has 13 heteroatoms. The van der Waals surface area contributed by atoms with Gasteiger partial charge in [0.2, 0.25) is 0 Å². The van der Waals surface area contributed by atoms with E-state index in [1.165, 1.54) is 0 Å². The third-order valence-corrected chi connectivity index (χ3v) is 10.7. The van der Waals surface area contributed by atoms with Gasteiger partial charge in [-0.2, -0.15) is 0 Å². The van der Waals surface area contributed by atoms with E-state index in [2.05, 4.69) is 0 Å². The Labute approximate surface area is 195 Å². The normalized spacial score (nSPS) is 14.8. The Hall–Kier alpha value is -0.00623. The molecule has 0 heterocycles. The highest BCUT2D eigenvalue weighted by Crippen LogP contribution is 2.15. The van der Waals surface area contributed by atoms with E-state index in [-0.39, 0.29) is 13.2 Å². The number of hydrogen-bond acceptors (Lipinski definition) is 11. The van der Waals surface area contributed by atoms with E-state index in [9.17, 15) is 10.2 Å². The zero-order valence-corrected chi connectivity index (χ0v) is 22.8. The summed E-state index contributed by atoms with van der Waals surface area (Å²) >= 11 is 0. The van der Waals surface area contributed by atoms with Gasteiger partial charge in [-0.05, 0) is 19.9 Å². The van der Waals surface area contributed by atoms with Gasteiger partial charge in [0.05, 0.1) is 25.4 Å². The molecular weight excluding hydrogens is 458 g/mol. The van der Waals surface area contributed by atoms with Crippen LogP contribution >= 0.6 is 0 Å². The third kappa shape index (κ3) is 13.0. The highest BCUT2D eigenvalue weighted by molar-refractivity contribution is 6.60. The lowest BCUT2D eigenvalue weighted by atomic mass is 10.3. The summed E-state index contributed by atoms with van der Waals surface area (Å²) in [5.41, 5.74) is 0. The Morgan fingerprint density at radius 2 is 0.938 bits per heavy atom. The predicted molar refractivity (Wildman–Crippen MR) is 124 cm³/mol. The summed E-state index contributed by atoms with van der Waals surface area (Å²) in [7, 11) is 6.15. The minimum Gasteiger partial charge on any atom is -0.389 e. The van der Waals surface area contributed by atoms with Crippen LogP contribution in [-0.4, -0.2) is 134 Å². The van der Waals surface area contributed by atoms with Gasteiger partial charge in [0.1, 0.15) is 0 Å². The van der Waals surface area contributed by atoms with Gasteiger partial charge in [0.25, 0.3) is 0 Å². The molecule has 194 valence electrons. The lowest BCUT2D eigenvalue weighted by Crippen LogP contribution is -2.43. The van der Waals surface area contributed by atoms with Crippen molar-refractivity contribution in [1.82, 2.24) is 4.90 Å². The fourth-order valence-electron chi connectivity index (χ4n) is 3.23. The zero-order valence-electron chi connectivity index (χ0n) is 20.8. The maximum atomic E-state index is 10.1. The molecule has 0 aromatic rings. The summed E-state index contributed by atoms with van der Waals surface area (Å²) in [6, 6.07) is 1.29. The van der Waals surface area contributed by atoms with Gasteiger partial charge in [0.15, 0.2) is 0 Å². The smallest absolute Gasteiger partial charge is 0.389 e. The number of aliphatic hydroxyl groups is 2. The minimum absolute atomic E-state index is 0.211. The Morgan fingerprint density at radius 3 is 1.22 bits per heavy atom. The number of ether oxygens (including phenoxy) is 2. The fraction of sp³-hybridized carbons (Fsp3) is 1.00. The molecule has 0 rings (SSSR count).